The Labute approximate surface area is 260 Å². The maximum absolute atomic E-state index is 13.8. The van der Waals surface area contributed by atoms with Gasteiger partial charge in [-0.25, -0.2) is 32.1 Å². The number of halogens is 1. The predicted octanol–water partition coefficient (Wildman–Crippen LogP) is 5.52. The molecule has 2 saturated heterocycles. The normalized spacial score (nSPS) is 16.7. The molecule has 0 radical (unpaired) electrons. The van der Waals surface area contributed by atoms with Crippen LogP contribution >= 0.6 is 11.3 Å². The van der Waals surface area contributed by atoms with Gasteiger partial charge in [-0.2, -0.15) is 0 Å². The highest BCUT2D eigenvalue weighted by Crippen LogP contribution is 2.42. The first-order chi connectivity index (χ1) is 21.3. The minimum atomic E-state index is -3.22. The summed E-state index contributed by atoms with van der Waals surface area (Å²) in [6.45, 7) is 5.65. The van der Waals surface area contributed by atoms with Gasteiger partial charge in [-0.15, -0.1) is 11.3 Å². The van der Waals surface area contributed by atoms with Crippen molar-refractivity contribution >= 4 is 38.7 Å². The monoisotopic (exact) mass is 638 g/mol. The summed E-state index contributed by atoms with van der Waals surface area (Å²) < 4.78 is 51.4. The van der Waals surface area contributed by atoms with E-state index >= 15 is 0 Å². The van der Waals surface area contributed by atoms with Crippen molar-refractivity contribution in [3.63, 3.8) is 0 Å². The van der Waals surface area contributed by atoms with E-state index in [1.807, 2.05) is 24.3 Å². The lowest BCUT2D eigenvalue weighted by atomic mass is 9.99. The summed E-state index contributed by atoms with van der Waals surface area (Å²) in [6, 6.07) is 14.1. The number of hydrogen-bond acceptors (Lipinski definition) is 10. The first-order valence-corrected chi connectivity index (χ1v) is 17.1. The minimum absolute atomic E-state index is 0.0990. The van der Waals surface area contributed by atoms with Gasteiger partial charge in [-0.05, 0) is 62.2 Å². The molecule has 0 unspecified atom stereocenters. The fourth-order valence-electron chi connectivity index (χ4n) is 5.52. The zero-order valence-corrected chi connectivity index (χ0v) is 26.3. The summed E-state index contributed by atoms with van der Waals surface area (Å²) in [5.41, 5.74) is 3.97. The van der Waals surface area contributed by atoms with E-state index < -0.39 is 10.0 Å². The molecule has 2 aliphatic rings. The Kier molecular flexibility index (Phi) is 9.08. The molecule has 0 spiro atoms. The molecule has 0 saturated carbocycles. The highest BCUT2D eigenvalue weighted by Gasteiger charge is 2.30. The number of piperidine rings is 1. The summed E-state index contributed by atoms with van der Waals surface area (Å²) >= 11 is 1.54. The van der Waals surface area contributed by atoms with Crippen LogP contribution in [0.1, 0.15) is 30.7 Å². The van der Waals surface area contributed by atoms with E-state index in [4.69, 9.17) is 19.4 Å². The molecule has 232 valence electrons. The van der Waals surface area contributed by atoms with Crippen LogP contribution in [0.5, 0.6) is 5.75 Å². The molecule has 0 aliphatic carbocycles. The summed E-state index contributed by atoms with van der Waals surface area (Å²) in [7, 11) is -1.59. The Balaban J connectivity index is 1.29. The number of benzene rings is 2. The van der Waals surface area contributed by atoms with Gasteiger partial charge in [0.2, 0.25) is 16.0 Å². The lowest BCUT2D eigenvalue weighted by Gasteiger charge is -2.29. The highest BCUT2D eigenvalue weighted by molar-refractivity contribution is 7.89. The second-order valence-corrected chi connectivity index (χ2v) is 14.0. The third kappa shape index (κ3) is 6.55. The van der Waals surface area contributed by atoms with Crippen LogP contribution in [0.25, 0.3) is 21.8 Å². The predicted molar refractivity (Wildman–Crippen MR) is 171 cm³/mol. The standard InChI is InChI=1S/C31H35FN6O4S2/c1-3-44(39,40)38-14-11-22(12-15-38)30-36-28(21-4-6-23(32)7-5-21)29(43-30)26-10-13-33-31(35-26)34-25-9-8-24(20-27(25)41-2)37-16-18-42-19-17-37/h4-10,13,20,22H,3,11-12,14-19H2,1-2H3,(H,33,34,35). The van der Waals surface area contributed by atoms with E-state index in [1.165, 1.54) is 12.1 Å². The highest BCUT2D eigenvalue weighted by atomic mass is 32.2. The molecule has 2 aromatic heterocycles. The van der Waals surface area contributed by atoms with Crippen molar-refractivity contribution < 1.29 is 22.3 Å². The van der Waals surface area contributed by atoms with Crippen LogP contribution in [0.3, 0.4) is 0 Å². The van der Waals surface area contributed by atoms with E-state index in [9.17, 15) is 12.8 Å². The van der Waals surface area contributed by atoms with Gasteiger partial charge in [-0.3, -0.25) is 0 Å². The molecule has 10 nitrogen and oxygen atoms in total. The summed E-state index contributed by atoms with van der Waals surface area (Å²) in [6.07, 6.45) is 3.07. The SMILES string of the molecule is CCS(=O)(=O)N1CCC(c2nc(-c3ccc(F)cc3)c(-c3ccnc(Nc4ccc(N5CCOCC5)cc4OC)n3)s2)CC1. The van der Waals surface area contributed by atoms with Crippen molar-refractivity contribution in [2.24, 2.45) is 0 Å². The average Bonchev–Trinajstić information content (AvgIpc) is 3.51. The Bertz CT molecular complexity index is 1700. The first-order valence-electron chi connectivity index (χ1n) is 14.7. The number of methoxy groups -OCH3 is 1. The van der Waals surface area contributed by atoms with Crippen molar-refractivity contribution in [1.82, 2.24) is 19.3 Å². The van der Waals surface area contributed by atoms with E-state index in [2.05, 4.69) is 15.2 Å². The molecule has 2 aliphatic heterocycles. The van der Waals surface area contributed by atoms with Crippen molar-refractivity contribution in [3.8, 4) is 27.6 Å². The van der Waals surface area contributed by atoms with Crippen molar-refractivity contribution in [2.75, 3.05) is 62.5 Å². The van der Waals surface area contributed by atoms with E-state index in [0.717, 1.165) is 39.9 Å². The van der Waals surface area contributed by atoms with Crippen molar-refractivity contribution in [3.05, 3.63) is 65.6 Å². The van der Waals surface area contributed by atoms with Crippen molar-refractivity contribution in [1.29, 1.82) is 0 Å². The van der Waals surface area contributed by atoms with Gasteiger partial charge in [0.1, 0.15) is 11.6 Å². The molecule has 13 heteroatoms. The fraction of sp³-hybridized carbons (Fsp3) is 0.387. The number of thiazole rings is 1. The Morgan fingerprint density at radius 3 is 2.50 bits per heavy atom. The summed E-state index contributed by atoms with van der Waals surface area (Å²) in [5.74, 6) is 0.966. The molecule has 44 heavy (non-hydrogen) atoms. The van der Waals surface area contributed by atoms with Crippen LogP contribution in [0.15, 0.2) is 54.7 Å². The molecule has 4 aromatic rings. The number of sulfonamides is 1. The van der Waals surface area contributed by atoms with Crippen LogP contribution in [0.2, 0.25) is 0 Å². The first kappa shape index (κ1) is 30.4. The van der Waals surface area contributed by atoms with Crippen LogP contribution in [-0.2, 0) is 14.8 Å². The summed E-state index contributed by atoms with van der Waals surface area (Å²) in [4.78, 5) is 17.4. The van der Waals surface area contributed by atoms with Gasteiger partial charge in [0, 0.05) is 55.6 Å². The third-order valence-corrected chi connectivity index (χ3v) is 11.1. The molecule has 0 bridgehead atoms. The molecule has 2 aromatic carbocycles. The van der Waals surface area contributed by atoms with Gasteiger partial charge in [-0.1, -0.05) is 0 Å². The van der Waals surface area contributed by atoms with E-state index in [1.54, 1.807) is 48.0 Å². The van der Waals surface area contributed by atoms with Gasteiger partial charge in [0.25, 0.3) is 0 Å². The maximum Gasteiger partial charge on any atom is 0.227 e. The molecule has 1 N–H and O–H groups in total. The Hall–Kier alpha value is -3.65. The van der Waals surface area contributed by atoms with Gasteiger partial charge in [0.15, 0.2) is 0 Å². The van der Waals surface area contributed by atoms with E-state index in [-0.39, 0.29) is 17.5 Å². The number of nitrogens with one attached hydrogen (secondary N) is 1. The van der Waals surface area contributed by atoms with Crippen LogP contribution in [0, 0.1) is 5.82 Å². The Morgan fingerprint density at radius 2 is 1.80 bits per heavy atom. The third-order valence-electron chi connectivity index (χ3n) is 8.02. The number of morpholine rings is 1. The molecular formula is C31H35FN6O4S2. The van der Waals surface area contributed by atoms with Crippen LogP contribution < -0.4 is 15.0 Å². The largest absolute Gasteiger partial charge is 0.494 e. The Morgan fingerprint density at radius 1 is 1.05 bits per heavy atom. The zero-order chi connectivity index (χ0) is 30.7. The summed E-state index contributed by atoms with van der Waals surface area (Å²) in [5, 5.41) is 4.22. The number of anilines is 3. The molecule has 2 fully saturated rings. The second kappa shape index (κ2) is 13.1. The number of aromatic nitrogens is 3. The van der Waals surface area contributed by atoms with Gasteiger partial charge >= 0.3 is 0 Å². The number of rotatable bonds is 9. The van der Waals surface area contributed by atoms with Gasteiger partial charge < -0.3 is 19.7 Å². The van der Waals surface area contributed by atoms with Gasteiger partial charge in [0.05, 0.1) is 53.0 Å². The van der Waals surface area contributed by atoms with E-state index in [0.29, 0.717) is 62.2 Å². The van der Waals surface area contributed by atoms with Crippen LogP contribution in [0.4, 0.5) is 21.7 Å². The molecule has 0 atom stereocenters. The quantitative estimate of drug-likeness (QED) is 0.253. The number of nitrogens with zero attached hydrogens (tertiary/aromatic N) is 5. The lowest BCUT2D eigenvalue weighted by Crippen LogP contribution is -2.38. The molecule has 4 heterocycles. The lowest BCUT2D eigenvalue weighted by molar-refractivity contribution is 0.122. The maximum atomic E-state index is 13.8. The minimum Gasteiger partial charge on any atom is -0.494 e. The zero-order valence-electron chi connectivity index (χ0n) is 24.7. The number of hydrogen-bond donors (Lipinski definition) is 1. The second-order valence-electron chi connectivity index (χ2n) is 10.7. The topological polar surface area (TPSA) is 110 Å². The molecular weight excluding hydrogens is 604 g/mol. The molecule has 0 amide bonds. The smallest absolute Gasteiger partial charge is 0.227 e. The fourth-order valence-corrected chi connectivity index (χ4v) is 7.88. The number of ether oxygens (including phenoxy) is 2. The van der Waals surface area contributed by atoms with Crippen LogP contribution in [-0.4, -0.2) is 79.9 Å². The molecule has 6 rings (SSSR count). The van der Waals surface area contributed by atoms with Crippen molar-refractivity contribution in [2.45, 2.75) is 25.7 Å². The average molecular weight is 639 g/mol.